The van der Waals surface area contributed by atoms with Crippen LogP contribution in [-0.4, -0.2) is 44.5 Å². The molecule has 0 amide bonds. The van der Waals surface area contributed by atoms with Gasteiger partial charge in [-0.25, -0.2) is 8.42 Å². The summed E-state index contributed by atoms with van der Waals surface area (Å²) in [5.74, 6) is 2.94. The number of nitrogens with zero attached hydrogens (tertiary/aromatic N) is 3. The van der Waals surface area contributed by atoms with Crippen LogP contribution in [0.5, 0.6) is 5.75 Å². The van der Waals surface area contributed by atoms with Crippen LogP contribution in [0, 0.1) is 17.3 Å². The predicted octanol–water partition coefficient (Wildman–Crippen LogP) is 4.41. The summed E-state index contributed by atoms with van der Waals surface area (Å²) in [5, 5.41) is 4.08. The maximum Gasteiger partial charge on any atom is 0.324 e. The number of aromatic nitrogens is 2. The zero-order valence-corrected chi connectivity index (χ0v) is 20.2. The Morgan fingerprint density at radius 3 is 2.27 bits per heavy atom. The molecule has 0 radical (unpaired) electrons. The SMILES string of the molecule is CC(C)c1noc(N2CC3[C@H](COc4ccc(-c5ccc(S(C)(=O)=O)cc5)cc4)[C@@]3(C)C2)n1. The van der Waals surface area contributed by atoms with Crippen LogP contribution in [0.25, 0.3) is 11.1 Å². The second-order valence-corrected chi connectivity index (χ2v) is 11.8. The van der Waals surface area contributed by atoms with Crippen molar-refractivity contribution in [3.05, 3.63) is 54.4 Å². The first-order valence-electron chi connectivity index (χ1n) is 11.3. The van der Waals surface area contributed by atoms with E-state index in [-0.39, 0.29) is 11.3 Å². The van der Waals surface area contributed by atoms with E-state index < -0.39 is 9.84 Å². The summed E-state index contributed by atoms with van der Waals surface area (Å²) in [6.45, 7) is 8.96. The van der Waals surface area contributed by atoms with Crippen molar-refractivity contribution in [1.82, 2.24) is 10.1 Å². The molecule has 174 valence electrons. The molecule has 1 aliphatic heterocycles. The molecule has 7 nitrogen and oxygen atoms in total. The van der Waals surface area contributed by atoms with Crippen LogP contribution < -0.4 is 9.64 Å². The molecule has 2 heterocycles. The van der Waals surface area contributed by atoms with E-state index in [1.54, 1.807) is 12.1 Å². The molecule has 1 aliphatic carbocycles. The van der Waals surface area contributed by atoms with Crippen LogP contribution in [0.2, 0.25) is 0 Å². The molecular weight excluding hydrogens is 438 g/mol. The Balaban J connectivity index is 1.16. The molecule has 1 saturated heterocycles. The zero-order valence-electron chi connectivity index (χ0n) is 19.4. The molecule has 3 aromatic rings. The molecule has 2 aromatic carbocycles. The van der Waals surface area contributed by atoms with Crippen LogP contribution in [0.3, 0.4) is 0 Å². The van der Waals surface area contributed by atoms with Gasteiger partial charge in [-0.3, -0.25) is 0 Å². The van der Waals surface area contributed by atoms with Crippen molar-refractivity contribution >= 4 is 15.9 Å². The Hall–Kier alpha value is -2.87. The van der Waals surface area contributed by atoms with E-state index >= 15 is 0 Å². The molecule has 1 unspecified atom stereocenters. The van der Waals surface area contributed by atoms with Crippen molar-refractivity contribution in [2.24, 2.45) is 17.3 Å². The number of hydrogen-bond acceptors (Lipinski definition) is 7. The summed E-state index contributed by atoms with van der Waals surface area (Å²) in [5.41, 5.74) is 2.21. The number of piperidine rings is 1. The van der Waals surface area contributed by atoms with E-state index in [0.29, 0.717) is 29.4 Å². The van der Waals surface area contributed by atoms with Gasteiger partial charge in [-0.15, -0.1) is 0 Å². The first-order chi connectivity index (χ1) is 15.6. The van der Waals surface area contributed by atoms with Gasteiger partial charge in [0.15, 0.2) is 15.7 Å². The third kappa shape index (κ3) is 4.12. The third-order valence-electron chi connectivity index (χ3n) is 7.14. The van der Waals surface area contributed by atoms with Gasteiger partial charge in [0.05, 0.1) is 11.5 Å². The molecule has 3 atom stereocenters. The van der Waals surface area contributed by atoms with Crippen molar-refractivity contribution in [2.75, 3.05) is 30.9 Å². The third-order valence-corrected chi connectivity index (χ3v) is 8.27. The lowest BCUT2D eigenvalue weighted by Gasteiger charge is -2.20. The Labute approximate surface area is 194 Å². The lowest BCUT2D eigenvalue weighted by atomic mass is 10.1. The van der Waals surface area contributed by atoms with E-state index in [2.05, 4.69) is 35.8 Å². The fourth-order valence-electron chi connectivity index (χ4n) is 4.91. The van der Waals surface area contributed by atoms with Gasteiger partial charge in [0.1, 0.15) is 5.75 Å². The second kappa shape index (κ2) is 7.87. The van der Waals surface area contributed by atoms with Gasteiger partial charge in [0, 0.05) is 31.2 Å². The number of ether oxygens (including phenoxy) is 1. The van der Waals surface area contributed by atoms with Crippen LogP contribution >= 0.6 is 0 Å². The number of fused-ring (bicyclic) bond motifs is 1. The van der Waals surface area contributed by atoms with Crippen LogP contribution in [0.1, 0.15) is 32.5 Å². The minimum atomic E-state index is -3.19. The van der Waals surface area contributed by atoms with Gasteiger partial charge in [-0.05, 0) is 46.7 Å². The summed E-state index contributed by atoms with van der Waals surface area (Å²) in [4.78, 5) is 7.06. The summed E-state index contributed by atoms with van der Waals surface area (Å²) >= 11 is 0. The molecule has 0 N–H and O–H groups in total. The zero-order chi connectivity index (χ0) is 23.4. The molecule has 2 fully saturated rings. The van der Waals surface area contributed by atoms with Crippen LogP contribution in [0.15, 0.2) is 57.9 Å². The maximum atomic E-state index is 11.6. The Bertz CT molecular complexity index is 1250. The highest BCUT2D eigenvalue weighted by atomic mass is 32.2. The molecule has 1 aromatic heterocycles. The quantitative estimate of drug-likeness (QED) is 0.509. The summed E-state index contributed by atoms with van der Waals surface area (Å²) in [7, 11) is -3.19. The molecule has 8 heteroatoms. The lowest BCUT2D eigenvalue weighted by Crippen LogP contribution is -2.28. The summed E-state index contributed by atoms with van der Waals surface area (Å²) in [6.07, 6.45) is 1.22. The smallest absolute Gasteiger partial charge is 0.324 e. The van der Waals surface area contributed by atoms with Gasteiger partial charge in [0.25, 0.3) is 0 Å². The predicted molar refractivity (Wildman–Crippen MR) is 126 cm³/mol. The Morgan fingerprint density at radius 2 is 1.76 bits per heavy atom. The fraction of sp³-hybridized carbons (Fsp3) is 0.440. The molecule has 5 rings (SSSR count). The van der Waals surface area contributed by atoms with Crippen molar-refractivity contribution < 1.29 is 17.7 Å². The summed E-state index contributed by atoms with van der Waals surface area (Å²) < 4.78 is 34.9. The van der Waals surface area contributed by atoms with Crippen molar-refractivity contribution in [1.29, 1.82) is 0 Å². The highest BCUT2D eigenvalue weighted by Gasteiger charge is 2.66. The van der Waals surface area contributed by atoms with E-state index in [9.17, 15) is 8.42 Å². The average Bonchev–Trinajstić information content (AvgIpc) is 3.15. The van der Waals surface area contributed by atoms with Gasteiger partial charge < -0.3 is 14.2 Å². The largest absolute Gasteiger partial charge is 0.493 e. The van der Waals surface area contributed by atoms with Gasteiger partial charge >= 0.3 is 6.01 Å². The number of benzene rings is 2. The molecular formula is C25H29N3O4S. The standard InChI is InChI=1S/C25H29N3O4S/c1-16(2)23-26-24(32-27-23)28-13-21-22(25(21,3)15-28)14-31-19-9-5-17(6-10-19)18-7-11-20(12-8-18)33(4,29)30/h5-12,16,21-22H,13-15H2,1-4H3/t21?,22-,25-/m0/s1. The first kappa shape index (κ1) is 21.9. The molecule has 0 spiro atoms. The highest BCUT2D eigenvalue weighted by Crippen LogP contribution is 2.63. The molecule has 33 heavy (non-hydrogen) atoms. The normalized spacial score (nSPS) is 24.2. The first-order valence-corrected chi connectivity index (χ1v) is 13.2. The van der Waals surface area contributed by atoms with E-state index in [1.807, 2.05) is 36.4 Å². The highest BCUT2D eigenvalue weighted by molar-refractivity contribution is 7.90. The number of anilines is 1. The monoisotopic (exact) mass is 467 g/mol. The summed E-state index contributed by atoms with van der Waals surface area (Å²) in [6, 6.07) is 15.5. The Kier molecular flexibility index (Phi) is 5.23. The maximum absolute atomic E-state index is 11.6. The second-order valence-electron chi connectivity index (χ2n) is 9.82. The topological polar surface area (TPSA) is 85.5 Å². The Morgan fingerprint density at radius 1 is 1.12 bits per heavy atom. The van der Waals surface area contributed by atoms with Crippen molar-refractivity contribution in [2.45, 2.75) is 31.6 Å². The minimum Gasteiger partial charge on any atom is -0.493 e. The van der Waals surface area contributed by atoms with Crippen molar-refractivity contribution in [3.8, 4) is 16.9 Å². The molecule has 0 bridgehead atoms. The van der Waals surface area contributed by atoms with E-state index in [0.717, 1.165) is 35.8 Å². The van der Waals surface area contributed by atoms with Gasteiger partial charge in [-0.1, -0.05) is 50.2 Å². The van der Waals surface area contributed by atoms with Gasteiger partial charge in [-0.2, -0.15) is 4.98 Å². The van der Waals surface area contributed by atoms with E-state index in [1.165, 1.54) is 6.26 Å². The van der Waals surface area contributed by atoms with Crippen LogP contribution in [-0.2, 0) is 9.84 Å². The lowest BCUT2D eigenvalue weighted by molar-refractivity contribution is 0.268. The molecule has 2 aliphatic rings. The molecule has 1 saturated carbocycles. The van der Waals surface area contributed by atoms with Crippen LogP contribution in [0.4, 0.5) is 6.01 Å². The number of sulfone groups is 1. The minimum absolute atomic E-state index is 0.216. The fourth-order valence-corrected chi connectivity index (χ4v) is 5.54. The average molecular weight is 468 g/mol. The van der Waals surface area contributed by atoms with Crippen molar-refractivity contribution in [3.63, 3.8) is 0 Å². The number of rotatable bonds is 7. The van der Waals surface area contributed by atoms with Gasteiger partial charge in [0.2, 0.25) is 0 Å². The number of hydrogen-bond donors (Lipinski definition) is 0. The van der Waals surface area contributed by atoms with E-state index in [4.69, 9.17) is 9.26 Å².